The number of hydrogen-bond acceptors (Lipinski definition) is 6. The molecule has 8 heteroatoms. The highest BCUT2D eigenvalue weighted by Gasteiger charge is 2.38. The smallest absolute Gasteiger partial charge is 0.338 e. The molecule has 0 aliphatic carbocycles. The van der Waals surface area contributed by atoms with Gasteiger partial charge in [-0.2, -0.15) is 0 Å². The Labute approximate surface area is 168 Å². The van der Waals surface area contributed by atoms with E-state index in [1.165, 1.54) is 0 Å². The third-order valence-electron chi connectivity index (χ3n) is 4.57. The van der Waals surface area contributed by atoms with Crippen molar-refractivity contribution in [2.45, 2.75) is 38.7 Å². The van der Waals surface area contributed by atoms with Crippen LogP contribution in [0.3, 0.4) is 0 Å². The van der Waals surface area contributed by atoms with Crippen LogP contribution in [0.15, 0.2) is 53.6 Å². The minimum Gasteiger partial charge on any atom is -0.459 e. The van der Waals surface area contributed by atoms with E-state index in [0.29, 0.717) is 11.1 Å². The van der Waals surface area contributed by atoms with Crippen molar-refractivity contribution in [3.05, 3.63) is 81.2 Å². The van der Waals surface area contributed by atoms with E-state index in [9.17, 15) is 9.59 Å². The van der Waals surface area contributed by atoms with Crippen molar-refractivity contribution in [2.24, 2.45) is 5.11 Å². The molecule has 0 amide bonds. The molecule has 0 spiro atoms. The molecule has 0 unspecified atom stereocenters. The van der Waals surface area contributed by atoms with Crippen molar-refractivity contribution < 1.29 is 23.8 Å². The largest absolute Gasteiger partial charge is 0.459 e. The maximum Gasteiger partial charge on any atom is 0.338 e. The average molecular weight is 395 g/mol. The molecule has 0 bridgehead atoms. The first-order chi connectivity index (χ1) is 14.0. The second-order valence-electron chi connectivity index (χ2n) is 6.84. The van der Waals surface area contributed by atoms with Gasteiger partial charge in [-0.15, -0.1) is 0 Å². The van der Waals surface area contributed by atoms with Crippen LogP contribution in [0.5, 0.6) is 0 Å². The summed E-state index contributed by atoms with van der Waals surface area (Å²) in [5.41, 5.74) is 11.5. The van der Waals surface area contributed by atoms with Crippen molar-refractivity contribution in [2.75, 3.05) is 6.61 Å². The number of azide groups is 1. The molecule has 29 heavy (non-hydrogen) atoms. The van der Waals surface area contributed by atoms with Crippen LogP contribution in [-0.2, 0) is 14.2 Å². The van der Waals surface area contributed by atoms with Crippen LogP contribution in [0.4, 0.5) is 0 Å². The maximum absolute atomic E-state index is 12.4. The molecule has 0 radical (unpaired) electrons. The SMILES string of the molecule is Cc1ccc(C(=O)OC[C@H]2O[C@H](N=[N+]=[N-])C[C@H]2OC(=O)c2ccc(C)cc2)cc1. The number of hydrogen-bond donors (Lipinski definition) is 0. The second-order valence-corrected chi connectivity index (χ2v) is 6.84. The summed E-state index contributed by atoms with van der Waals surface area (Å²) in [5, 5.41) is 3.54. The Morgan fingerprint density at radius 2 is 1.59 bits per heavy atom. The van der Waals surface area contributed by atoms with Crippen LogP contribution in [0.1, 0.15) is 38.3 Å². The van der Waals surface area contributed by atoms with Gasteiger partial charge in [0.2, 0.25) is 0 Å². The van der Waals surface area contributed by atoms with E-state index in [4.69, 9.17) is 19.7 Å². The predicted molar refractivity (Wildman–Crippen MR) is 104 cm³/mol. The molecule has 2 aromatic carbocycles. The van der Waals surface area contributed by atoms with Gasteiger partial charge in [0.25, 0.3) is 0 Å². The molecular weight excluding hydrogens is 374 g/mol. The summed E-state index contributed by atoms with van der Waals surface area (Å²) in [6, 6.07) is 13.9. The summed E-state index contributed by atoms with van der Waals surface area (Å²) in [6.45, 7) is 3.71. The summed E-state index contributed by atoms with van der Waals surface area (Å²) >= 11 is 0. The lowest BCUT2D eigenvalue weighted by Crippen LogP contribution is -2.32. The number of aryl methyl sites for hydroxylation is 2. The third-order valence-corrected chi connectivity index (χ3v) is 4.57. The van der Waals surface area contributed by atoms with Gasteiger partial charge in [0, 0.05) is 11.3 Å². The highest BCUT2D eigenvalue weighted by Crippen LogP contribution is 2.26. The topological polar surface area (TPSA) is 111 Å². The Hall–Kier alpha value is -3.35. The molecule has 1 fully saturated rings. The van der Waals surface area contributed by atoms with Crippen LogP contribution in [-0.4, -0.2) is 37.0 Å². The summed E-state index contributed by atoms with van der Waals surface area (Å²) in [7, 11) is 0. The quantitative estimate of drug-likeness (QED) is 0.316. The number of benzene rings is 2. The van der Waals surface area contributed by atoms with E-state index in [1.54, 1.807) is 24.3 Å². The Balaban J connectivity index is 1.64. The highest BCUT2D eigenvalue weighted by molar-refractivity contribution is 5.90. The normalized spacial score (nSPS) is 20.6. The van der Waals surface area contributed by atoms with Gasteiger partial charge < -0.3 is 14.2 Å². The molecule has 3 atom stereocenters. The van der Waals surface area contributed by atoms with E-state index in [0.717, 1.165) is 11.1 Å². The van der Waals surface area contributed by atoms with Gasteiger partial charge in [-0.1, -0.05) is 40.5 Å². The number of ether oxygens (including phenoxy) is 3. The van der Waals surface area contributed by atoms with Gasteiger partial charge in [-0.3, -0.25) is 0 Å². The lowest BCUT2D eigenvalue weighted by Gasteiger charge is -2.19. The molecule has 8 nitrogen and oxygen atoms in total. The molecule has 1 aliphatic heterocycles. The van der Waals surface area contributed by atoms with Gasteiger partial charge in [-0.05, 0) is 43.6 Å². The summed E-state index contributed by atoms with van der Waals surface area (Å²) in [5.74, 6) is -1.03. The molecule has 0 N–H and O–H groups in total. The monoisotopic (exact) mass is 395 g/mol. The van der Waals surface area contributed by atoms with Crippen LogP contribution < -0.4 is 0 Å². The summed E-state index contributed by atoms with van der Waals surface area (Å²) in [6.07, 6.45) is -2.03. The molecular formula is C21H21N3O5. The first kappa shape index (κ1) is 20.4. The van der Waals surface area contributed by atoms with Crippen molar-refractivity contribution in [3.8, 4) is 0 Å². The van der Waals surface area contributed by atoms with E-state index >= 15 is 0 Å². The molecule has 0 aromatic heterocycles. The zero-order chi connectivity index (χ0) is 20.8. The fourth-order valence-electron chi connectivity index (χ4n) is 2.92. The van der Waals surface area contributed by atoms with Crippen LogP contribution >= 0.6 is 0 Å². The van der Waals surface area contributed by atoms with E-state index in [1.807, 2.05) is 38.1 Å². The predicted octanol–water partition coefficient (Wildman–Crippen LogP) is 4.11. The molecule has 1 aliphatic rings. The van der Waals surface area contributed by atoms with E-state index < -0.39 is 30.4 Å². The second kappa shape index (κ2) is 9.23. The number of nitrogens with zero attached hydrogens (tertiary/aromatic N) is 3. The lowest BCUT2D eigenvalue weighted by atomic mass is 10.1. The molecule has 3 rings (SSSR count). The Morgan fingerprint density at radius 3 is 2.14 bits per heavy atom. The Morgan fingerprint density at radius 1 is 1.03 bits per heavy atom. The zero-order valence-electron chi connectivity index (χ0n) is 16.1. The van der Waals surface area contributed by atoms with E-state index in [2.05, 4.69) is 10.0 Å². The number of esters is 2. The Kier molecular flexibility index (Phi) is 6.49. The van der Waals surface area contributed by atoms with Gasteiger partial charge in [0.1, 0.15) is 25.0 Å². The lowest BCUT2D eigenvalue weighted by molar-refractivity contribution is -0.0410. The molecule has 2 aromatic rings. The molecule has 1 saturated heterocycles. The van der Waals surface area contributed by atoms with Crippen LogP contribution in [0.25, 0.3) is 10.4 Å². The van der Waals surface area contributed by atoms with Gasteiger partial charge in [0.05, 0.1) is 11.1 Å². The minimum absolute atomic E-state index is 0.129. The number of carbonyl (C=O) groups is 2. The van der Waals surface area contributed by atoms with Gasteiger partial charge in [-0.25, -0.2) is 9.59 Å². The summed E-state index contributed by atoms with van der Waals surface area (Å²) in [4.78, 5) is 27.4. The van der Waals surface area contributed by atoms with Gasteiger partial charge in [0.15, 0.2) is 0 Å². The molecule has 1 heterocycles. The number of carbonyl (C=O) groups excluding carboxylic acids is 2. The van der Waals surface area contributed by atoms with Gasteiger partial charge >= 0.3 is 11.9 Å². The van der Waals surface area contributed by atoms with Crippen molar-refractivity contribution in [1.82, 2.24) is 0 Å². The highest BCUT2D eigenvalue weighted by atomic mass is 16.6. The van der Waals surface area contributed by atoms with Crippen molar-refractivity contribution in [3.63, 3.8) is 0 Å². The Bertz CT molecular complexity index is 920. The maximum atomic E-state index is 12.4. The minimum atomic E-state index is -0.793. The fourth-order valence-corrected chi connectivity index (χ4v) is 2.92. The first-order valence-electron chi connectivity index (χ1n) is 9.17. The summed E-state index contributed by atoms with van der Waals surface area (Å²) < 4.78 is 16.5. The molecule has 0 saturated carbocycles. The van der Waals surface area contributed by atoms with Crippen LogP contribution in [0, 0.1) is 13.8 Å². The van der Waals surface area contributed by atoms with E-state index in [-0.39, 0.29) is 13.0 Å². The van der Waals surface area contributed by atoms with Crippen LogP contribution in [0.2, 0.25) is 0 Å². The molecule has 150 valence electrons. The standard InChI is InChI=1S/C21H21N3O5/c1-13-3-7-15(8-4-13)20(25)27-12-18-17(11-19(28-18)23-24-22)29-21(26)16-9-5-14(2)6-10-16/h3-10,17-19H,11-12H2,1-2H3/t17-,18-,19+/m1/s1. The fraction of sp³-hybridized carbons (Fsp3) is 0.333. The third kappa shape index (κ3) is 5.34. The van der Waals surface area contributed by atoms with Crippen molar-refractivity contribution in [1.29, 1.82) is 0 Å². The average Bonchev–Trinajstić information content (AvgIpc) is 3.08. The van der Waals surface area contributed by atoms with Crippen molar-refractivity contribution >= 4 is 11.9 Å². The first-order valence-corrected chi connectivity index (χ1v) is 9.17. The zero-order valence-corrected chi connectivity index (χ0v) is 16.1. The number of rotatable bonds is 6.